The number of rotatable bonds is 3. The van der Waals surface area contributed by atoms with E-state index < -0.39 is 29.5 Å². The number of hydrogen-bond acceptors (Lipinski definition) is 7. The molecule has 32 heavy (non-hydrogen) atoms. The molecular formula is C20H28F3N5O4. The van der Waals surface area contributed by atoms with Crippen LogP contribution < -0.4 is 4.90 Å². The zero-order chi connectivity index (χ0) is 23.5. The Morgan fingerprint density at radius 1 is 1.09 bits per heavy atom. The van der Waals surface area contributed by atoms with E-state index in [4.69, 9.17) is 9.47 Å². The molecule has 0 unspecified atom stereocenters. The number of anilines is 1. The quantitative estimate of drug-likeness (QED) is 0.685. The van der Waals surface area contributed by atoms with Crippen molar-refractivity contribution >= 4 is 17.9 Å². The Hall–Kier alpha value is -2.63. The minimum Gasteiger partial charge on any atom is -0.444 e. The fraction of sp³-hybridized carbons (Fsp3) is 0.700. The number of amides is 2. The molecule has 2 amide bonds. The van der Waals surface area contributed by atoms with Crippen LogP contribution in [-0.2, 0) is 20.4 Å². The molecule has 0 saturated carbocycles. The number of alkyl halides is 3. The smallest absolute Gasteiger partial charge is 0.419 e. The number of ether oxygens (including phenoxy) is 2. The Morgan fingerprint density at radius 2 is 1.72 bits per heavy atom. The Labute approximate surface area is 184 Å². The van der Waals surface area contributed by atoms with E-state index >= 15 is 0 Å². The number of hydrogen-bond donors (Lipinski definition) is 0. The molecule has 3 rings (SSSR count). The summed E-state index contributed by atoms with van der Waals surface area (Å²) >= 11 is 0. The molecule has 2 aliphatic rings. The molecule has 0 radical (unpaired) electrons. The van der Waals surface area contributed by atoms with Gasteiger partial charge in [-0.2, -0.15) is 13.2 Å². The number of halogens is 3. The molecule has 1 aromatic rings. The van der Waals surface area contributed by atoms with Gasteiger partial charge in [-0.3, -0.25) is 4.79 Å². The number of nitrogens with zero attached hydrogens (tertiary/aromatic N) is 5. The van der Waals surface area contributed by atoms with Gasteiger partial charge < -0.3 is 24.2 Å². The first-order valence-corrected chi connectivity index (χ1v) is 10.4. The summed E-state index contributed by atoms with van der Waals surface area (Å²) in [6, 6.07) is -0.414. The summed E-state index contributed by atoms with van der Waals surface area (Å²) in [6.07, 6.45) is -3.33. The van der Waals surface area contributed by atoms with E-state index in [2.05, 4.69) is 9.97 Å². The lowest BCUT2D eigenvalue weighted by molar-refractivity contribution is -0.138. The van der Waals surface area contributed by atoms with Crippen LogP contribution in [0.15, 0.2) is 12.4 Å². The number of carbonyl (C=O) groups excluding carboxylic acids is 2. The van der Waals surface area contributed by atoms with Gasteiger partial charge in [0.15, 0.2) is 0 Å². The van der Waals surface area contributed by atoms with E-state index in [9.17, 15) is 22.8 Å². The summed E-state index contributed by atoms with van der Waals surface area (Å²) in [7, 11) is 0. The van der Waals surface area contributed by atoms with Gasteiger partial charge in [0, 0.05) is 51.5 Å². The zero-order valence-corrected chi connectivity index (χ0v) is 18.4. The first kappa shape index (κ1) is 24.0. The van der Waals surface area contributed by atoms with E-state index in [-0.39, 0.29) is 24.9 Å². The van der Waals surface area contributed by atoms with Gasteiger partial charge >= 0.3 is 12.3 Å². The maximum Gasteiger partial charge on any atom is 0.419 e. The van der Waals surface area contributed by atoms with Gasteiger partial charge in [-0.1, -0.05) is 0 Å². The van der Waals surface area contributed by atoms with Crippen molar-refractivity contribution in [3.63, 3.8) is 0 Å². The minimum atomic E-state index is -4.49. The third-order valence-electron chi connectivity index (χ3n) is 5.15. The lowest BCUT2D eigenvalue weighted by Gasteiger charge is -2.39. The van der Waals surface area contributed by atoms with Crippen molar-refractivity contribution in [2.45, 2.75) is 45.0 Å². The summed E-state index contributed by atoms with van der Waals surface area (Å²) in [5.74, 6) is 0.0731. The molecule has 3 heterocycles. The van der Waals surface area contributed by atoms with Crippen molar-refractivity contribution < 1.29 is 32.2 Å². The van der Waals surface area contributed by atoms with Gasteiger partial charge in [0.2, 0.25) is 11.9 Å². The van der Waals surface area contributed by atoms with Gasteiger partial charge in [0.1, 0.15) is 5.60 Å². The molecular weight excluding hydrogens is 431 g/mol. The summed E-state index contributed by atoms with van der Waals surface area (Å²) in [5, 5.41) is 0. The first-order valence-electron chi connectivity index (χ1n) is 10.4. The average molecular weight is 459 g/mol. The van der Waals surface area contributed by atoms with Crippen LogP contribution >= 0.6 is 0 Å². The third-order valence-corrected chi connectivity index (χ3v) is 5.15. The molecule has 12 heteroatoms. The summed E-state index contributed by atoms with van der Waals surface area (Å²) in [4.78, 5) is 37.9. The van der Waals surface area contributed by atoms with Crippen LogP contribution in [0.25, 0.3) is 0 Å². The molecule has 0 aromatic carbocycles. The first-order chi connectivity index (χ1) is 14.9. The number of morpholine rings is 1. The van der Waals surface area contributed by atoms with Gasteiger partial charge in [-0.25, -0.2) is 14.8 Å². The Kier molecular flexibility index (Phi) is 7.11. The predicted octanol–water partition coefficient (Wildman–Crippen LogP) is 2.17. The Morgan fingerprint density at radius 3 is 2.28 bits per heavy atom. The van der Waals surface area contributed by atoms with Crippen molar-refractivity contribution in [1.82, 2.24) is 19.8 Å². The molecule has 2 saturated heterocycles. The van der Waals surface area contributed by atoms with Crippen LogP contribution in [0.4, 0.5) is 23.9 Å². The van der Waals surface area contributed by atoms with E-state index in [1.54, 1.807) is 35.5 Å². The van der Waals surface area contributed by atoms with Crippen LogP contribution in [0.2, 0.25) is 0 Å². The van der Waals surface area contributed by atoms with Crippen LogP contribution in [-0.4, -0.2) is 89.3 Å². The second-order valence-corrected chi connectivity index (χ2v) is 8.74. The van der Waals surface area contributed by atoms with Crippen molar-refractivity contribution in [3.8, 4) is 0 Å². The number of aromatic nitrogens is 2. The highest BCUT2D eigenvalue weighted by Crippen LogP contribution is 2.28. The number of piperazine rings is 1. The normalized spacial score (nSPS) is 20.3. The highest BCUT2D eigenvalue weighted by molar-refractivity contribution is 5.78. The van der Waals surface area contributed by atoms with E-state index in [0.29, 0.717) is 39.3 Å². The molecule has 0 bridgehead atoms. The van der Waals surface area contributed by atoms with Gasteiger partial charge in [-0.15, -0.1) is 0 Å². The maximum atomic E-state index is 12.8. The Bertz CT molecular complexity index is 805. The summed E-state index contributed by atoms with van der Waals surface area (Å²) in [6.45, 7) is 7.89. The van der Waals surface area contributed by atoms with Crippen molar-refractivity contribution in [3.05, 3.63) is 18.0 Å². The van der Waals surface area contributed by atoms with E-state index in [1.807, 2.05) is 0 Å². The fourth-order valence-corrected chi connectivity index (χ4v) is 3.50. The molecule has 2 aliphatic heterocycles. The van der Waals surface area contributed by atoms with Gasteiger partial charge in [-0.05, 0) is 20.8 Å². The average Bonchev–Trinajstić information content (AvgIpc) is 2.72. The zero-order valence-electron chi connectivity index (χ0n) is 18.4. The highest BCUT2D eigenvalue weighted by atomic mass is 19.4. The van der Waals surface area contributed by atoms with Gasteiger partial charge in [0.05, 0.1) is 24.8 Å². The van der Waals surface area contributed by atoms with Crippen LogP contribution in [0.3, 0.4) is 0 Å². The third kappa shape index (κ3) is 6.21. The Balaban J connectivity index is 1.54. The lowest BCUT2D eigenvalue weighted by atomic mass is 10.1. The van der Waals surface area contributed by atoms with Crippen LogP contribution in [0.1, 0.15) is 32.8 Å². The molecule has 1 aromatic heterocycles. The summed E-state index contributed by atoms with van der Waals surface area (Å²) in [5.41, 5.74) is -1.54. The standard InChI is InChI=1S/C20H28F3N5O4/c1-19(2,3)32-18(30)28-8-9-31-13-15(28)10-16(29)26-4-6-27(7-5-26)17-24-11-14(12-25-17)20(21,22)23/h11-12,15H,4-10,13H2,1-3H3/t15-/m1/s1. The van der Waals surface area contributed by atoms with E-state index in [0.717, 1.165) is 12.4 Å². The van der Waals surface area contributed by atoms with Crippen molar-refractivity contribution in [2.75, 3.05) is 50.8 Å². The maximum absolute atomic E-state index is 12.8. The molecule has 2 fully saturated rings. The predicted molar refractivity (Wildman–Crippen MR) is 108 cm³/mol. The van der Waals surface area contributed by atoms with Crippen molar-refractivity contribution in [2.24, 2.45) is 0 Å². The van der Waals surface area contributed by atoms with Crippen molar-refractivity contribution in [1.29, 1.82) is 0 Å². The minimum absolute atomic E-state index is 0.107. The van der Waals surface area contributed by atoms with Gasteiger partial charge in [0.25, 0.3) is 0 Å². The van der Waals surface area contributed by atoms with Crippen LogP contribution in [0, 0.1) is 0 Å². The molecule has 0 N–H and O–H groups in total. The second kappa shape index (κ2) is 9.47. The SMILES string of the molecule is CC(C)(C)OC(=O)N1CCOC[C@H]1CC(=O)N1CCN(c2ncc(C(F)(F)F)cn2)CC1. The monoisotopic (exact) mass is 459 g/mol. The number of carbonyl (C=O) groups is 2. The highest BCUT2D eigenvalue weighted by Gasteiger charge is 2.35. The topological polar surface area (TPSA) is 88.1 Å². The fourth-order valence-electron chi connectivity index (χ4n) is 3.50. The largest absolute Gasteiger partial charge is 0.444 e. The lowest BCUT2D eigenvalue weighted by Crippen LogP contribution is -2.54. The second-order valence-electron chi connectivity index (χ2n) is 8.74. The van der Waals surface area contributed by atoms with E-state index in [1.165, 1.54) is 0 Å². The molecule has 1 atom stereocenters. The molecule has 0 aliphatic carbocycles. The molecule has 0 spiro atoms. The van der Waals surface area contributed by atoms with Crippen LogP contribution in [0.5, 0.6) is 0 Å². The molecule has 178 valence electrons. The molecule has 9 nitrogen and oxygen atoms in total. The summed E-state index contributed by atoms with van der Waals surface area (Å²) < 4.78 is 48.9.